The number of carbonyl (C=O) groups excluding carboxylic acids is 1. The average Bonchev–Trinajstić information content (AvgIpc) is 2.63. The topological polar surface area (TPSA) is 75.3 Å². The number of sulfonamides is 1. The van der Waals surface area contributed by atoms with Crippen LogP contribution in [-0.4, -0.2) is 14.3 Å². The van der Waals surface area contributed by atoms with Crippen molar-refractivity contribution >= 4 is 38.9 Å². The van der Waals surface area contributed by atoms with Crippen LogP contribution in [0.5, 0.6) is 0 Å². The standard InChI is InChI=1S/C20H16ClFN2O3S/c1-13-9-10-16(28(26,27)24-19-8-3-2-7-18(19)22)12-17(13)20(25)23-15-6-4-5-14(21)11-15/h2-12,24H,1H3,(H,23,25). The number of hydrogen-bond acceptors (Lipinski definition) is 3. The monoisotopic (exact) mass is 418 g/mol. The number of hydrogen-bond donors (Lipinski definition) is 2. The van der Waals surface area contributed by atoms with E-state index in [1.807, 2.05) is 0 Å². The molecule has 28 heavy (non-hydrogen) atoms. The Labute approximate surface area is 167 Å². The molecule has 3 aromatic rings. The summed E-state index contributed by atoms with van der Waals surface area (Å²) < 4.78 is 41.2. The minimum Gasteiger partial charge on any atom is -0.322 e. The number of aryl methyl sites for hydroxylation is 1. The lowest BCUT2D eigenvalue weighted by Crippen LogP contribution is -2.17. The fourth-order valence-electron chi connectivity index (χ4n) is 2.53. The summed E-state index contributed by atoms with van der Waals surface area (Å²) in [4.78, 5) is 12.5. The van der Waals surface area contributed by atoms with Crippen molar-refractivity contribution in [2.45, 2.75) is 11.8 Å². The molecule has 0 spiro atoms. The molecule has 2 N–H and O–H groups in total. The molecule has 0 fully saturated rings. The lowest BCUT2D eigenvalue weighted by molar-refractivity contribution is 0.102. The lowest BCUT2D eigenvalue weighted by atomic mass is 10.1. The van der Waals surface area contributed by atoms with Crippen molar-refractivity contribution in [1.82, 2.24) is 0 Å². The minimum atomic E-state index is -4.08. The van der Waals surface area contributed by atoms with E-state index in [1.165, 1.54) is 36.4 Å². The van der Waals surface area contributed by atoms with Crippen molar-refractivity contribution in [3.63, 3.8) is 0 Å². The number of rotatable bonds is 5. The van der Waals surface area contributed by atoms with Gasteiger partial charge in [-0.15, -0.1) is 0 Å². The molecule has 0 saturated carbocycles. The summed E-state index contributed by atoms with van der Waals surface area (Å²) in [7, 11) is -4.08. The van der Waals surface area contributed by atoms with Crippen molar-refractivity contribution in [3.8, 4) is 0 Å². The predicted octanol–water partition coefficient (Wildman–Crippen LogP) is 4.84. The van der Waals surface area contributed by atoms with Crippen LogP contribution in [0.1, 0.15) is 15.9 Å². The van der Waals surface area contributed by atoms with Crippen molar-refractivity contribution < 1.29 is 17.6 Å². The van der Waals surface area contributed by atoms with E-state index >= 15 is 0 Å². The van der Waals surface area contributed by atoms with Crippen molar-refractivity contribution in [3.05, 3.63) is 88.7 Å². The highest BCUT2D eigenvalue weighted by Crippen LogP contribution is 2.22. The Bertz CT molecular complexity index is 1150. The molecule has 8 heteroatoms. The summed E-state index contributed by atoms with van der Waals surface area (Å²) in [6.45, 7) is 1.69. The first-order valence-corrected chi connectivity index (χ1v) is 10.1. The molecule has 0 heterocycles. The van der Waals surface area contributed by atoms with E-state index in [-0.39, 0.29) is 16.1 Å². The summed E-state index contributed by atoms with van der Waals surface area (Å²) in [5.74, 6) is -1.18. The normalized spacial score (nSPS) is 11.1. The van der Waals surface area contributed by atoms with Gasteiger partial charge >= 0.3 is 0 Å². The van der Waals surface area contributed by atoms with Crippen molar-refractivity contribution in [1.29, 1.82) is 0 Å². The van der Waals surface area contributed by atoms with E-state index in [9.17, 15) is 17.6 Å². The Hall–Kier alpha value is -2.90. The smallest absolute Gasteiger partial charge is 0.262 e. The molecule has 3 aromatic carbocycles. The van der Waals surface area contributed by atoms with Gasteiger partial charge in [0.15, 0.2) is 0 Å². The van der Waals surface area contributed by atoms with Gasteiger partial charge in [0.2, 0.25) is 0 Å². The third kappa shape index (κ3) is 4.49. The number of anilines is 2. The molecule has 144 valence electrons. The Morgan fingerprint density at radius 1 is 1.00 bits per heavy atom. The highest BCUT2D eigenvalue weighted by Gasteiger charge is 2.19. The van der Waals surface area contributed by atoms with Crippen LogP contribution in [-0.2, 0) is 10.0 Å². The molecule has 0 atom stereocenters. The van der Waals surface area contributed by atoms with Crippen LogP contribution >= 0.6 is 11.6 Å². The fourth-order valence-corrected chi connectivity index (χ4v) is 3.81. The Morgan fingerprint density at radius 3 is 2.46 bits per heavy atom. The first-order valence-electron chi connectivity index (χ1n) is 8.21. The maximum Gasteiger partial charge on any atom is 0.262 e. The van der Waals surface area contributed by atoms with Gasteiger partial charge in [-0.25, -0.2) is 12.8 Å². The summed E-state index contributed by atoms with van der Waals surface area (Å²) in [6.07, 6.45) is 0. The summed E-state index contributed by atoms with van der Waals surface area (Å²) in [5.41, 5.74) is 1.07. The van der Waals surface area contributed by atoms with Crippen molar-refractivity contribution in [2.75, 3.05) is 10.0 Å². The highest BCUT2D eigenvalue weighted by atomic mass is 35.5. The molecule has 0 saturated heterocycles. The van der Waals surface area contributed by atoms with Gasteiger partial charge in [-0.1, -0.05) is 35.9 Å². The largest absolute Gasteiger partial charge is 0.322 e. The number of para-hydroxylation sites is 1. The van der Waals surface area contributed by atoms with Gasteiger partial charge in [-0.05, 0) is 55.0 Å². The molecule has 0 radical (unpaired) electrons. The number of amides is 1. The molecule has 0 aliphatic rings. The molecule has 0 aliphatic carbocycles. The van der Waals surface area contributed by atoms with E-state index < -0.39 is 21.7 Å². The Balaban J connectivity index is 1.90. The minimum absolute atomic E-state index is 0.155. The van der Waals surface area contributed by atoms with E-state index in [1.54, 1.807) is 31.2 Å². The molecule has 0 aliphatic heterocycles. The SMILES string of the molecule is Cc1ccc(S(=O)(=O)Nc2ccccc2F)cc1C(=O)Nc1cccc(Cl)c1. The van der Waals surface area contributed by atoms with Gasteiger partial charge in [0, 0.05) is 16.3 Å². The number of benzene rings is 3. The predicted molar refractivity (Wildman–Crippen MR) is 108 cm³/mol. The Kier molecular flexibility index (Phi) is 5.67. The van der Waals surface area contributed by atoms with Crippen LogP contribution in [0.25, 0.3) is 0 Å². The maximum absolute atomic E-state index is 13.8. The Morgan fingerprint density at radius 2 is 1.75 bits per heavy atom. The number of carbonyl (C=O) groups is 1. The second-order valence-electron chi connectivity index (χ2n) is 6.03. The average molecular weight is 419 g/mol. The molecular formula is C20H16ClFN2O3S. The van der Waals surface area contributed by atoms with Crippen molar-refractivity contribution in [2.24, 2.45) is 0 Å². The van der Waals surface area contributed by atoms with E-state index in [0.717, 1.165) is 6.07 Å². The van der Waals surface area contributed by atoms with Gasteiger partial charge in [-0.3, -0.25) is 9.52 Å². The molecule has 0 aromatic heterocycles. The summed E-state index contributed by atoms with van der Waals surface area (Å²) in [5, 5.41) is 3.14. The third-order valence-corrected chi connectivity index (χ3v) is 5.56. The quantitative estimate of drug-likeness (QED) is 0.622. The van der Waals surface area contributed by atoms with Crippen LogP contribution < -0.4 is 10.0 Å². The van der Waals surface area contributed by atoms with Gasteiger partial charge < -0.3 is 5.32 Å². The zero-order chi connectivity index (χ0) is 20.3. The summed E-state index contributed by atoms with van der Waals surface area (Å²) in [6, 6.07) is 16.2. The fraction of sp³-hybridized carbons (Fsp3) is 0.0500. The highest BCUT2D eigenvalue weighted by molar-refractivity contribution is 7.92. The van der Waals surface area contributed by atoms with E-state index in [0.29, 0.717) is 16.3 Å². The van der Waals surface area contributed by atoms with Crippen LogP contribution in [0.15, 0.2) is 71.6 Å². The third-order valence-electron chi connectivity index (χ3n) is 3.96. The number of halogens is 2. The van der Waals surface area contributed by atoms with Gasteiger partial charge in [0.25, 0.3) is 15.9 Å². The molecule has 0 bridgehead atoms. The molecule has 1 amide bonds. The maximum atomic E-state index is 13.8. The van der Waals surface area contributed by atoms with Crippen LogP contribution in [0.3, 0.4) is 0 Å². The van der Waals surface area contributed by atoms with Gasteiger partial charge in [0.05, 0.1) is 10.6 Å². The molecular weight excluding hydrogens is 403 g/mol. The zero-order valence-electron chi connectivity index (χ0n) is 14.7. The molecule has 3 rings (SSSR count). The number of nitrogens with one attached hydrogen (secondary N) is 2. The molecule has 0 unspecified atom stereocenters. The molecule has 5 nitrogen and oxygen atoms in total. The van der Waals surface area contributed by atoms with Gasteiger partial charge in [0.1, 0.15) is 5.82 Å². The second kappa shape index (κ2) is 8.00. The first kappa shape index (κ1) is 19.9. The van der Waals surface area contributed by atoms with E-state index in [2.05, 4.69) is 10.0 Å². The second-order valence-corrected chi connectivity index (χ2v) is 8.15. The van der Waals surface area contributed by atoms with Crippen LogP contribution in [0.4, 0.5) is 15.8 Å². The van der Waals surface area contributed by atoms with Crippen LogP contribution in [0.2, 0.25) is 5.02 Å². The van der Waals surface area contributed by atoms with Crippen LogP contribution in [0, 0.1) is 12.7 Å². The first-order chi connectivity index (χ1) is 13.3. The summed E-state index contributed by atoms with van der Waals surface area (Å²) >= 11 is 5.91. The zero-order valence-corrected chi connectivity index (χ0v) is 16.3. The lowest BCUT2D eigenvalue weighted by Gasteiger charge is -2.12. The van der Waals surface area contributed by atoms with E-state index in [4.69, 9.17) is 11.6 Å². The van der Waals surface area contributed by atoms with Gasteiger partial charge in [-0.2, -0.15) is 0 Å².